The minimum Gasteiger partial charge on any atom is -0.493 e. The zero-order valence-corrected chi connectivity index (χ0v) is 14.3. The third-order valence-electron chi connectivity index (χ3n) is 4.09. The number of nitrogens with one attached hydrogen (secondary N) is 1. The lowest BCUT2D eigenvalue weighted by Gasteiger charge is -2.04. The van der Waals surface area contributed by atoms with Gasteiger partial charge in [0.15, 0.2) is 5.13 Å². The molecule has 25 heavy (non-hydrogen) atoms. The molecule has 6 heteroatoms. The van der Waals surface area contributed by atoms with Gasteiger partial charge in [0.1, 0.15) is 11.6 Å². The number of fused-ring (bicyclic) bond motifs is 1. The highest BCUT2D eigenvalue weighted by atomic mass is 32.1. The Balaban J connectivity index is 1.56. The number of carbonyl (C=O) groups is 1. The molecule has 1 aliphatic heterocycles. The van der Waals surface area contributed by atoms with Gasteiger partial charge in [-0.1, -0.05) is 0 Å². The van der Waals surface area contributed by atoms with Crippen molar-refractivity contribution in [3.05, 3.63) is 64.3 Å². The molecule has 1 aliphatic rings. The molecule has 0 unspecified atom stereocenters. The van der Waals surface area contributed by atoms with E-state index in [1.807, 2.05) is 19.1 Å². The highest BCUT2D eigenvalue weighted by molar-refractivity contribution is 7.16. The molecule has 2 aromatic carbocycles. The van der Waals surface area contributed by atoms with E-state index < -0.39 is 0 Å². The number of ether oxygens (including phenoxy) is 1. The molecule has 126 valence electrons. The first-order valence-corrected chi connectivity index (χ1v) is 8.72. The molecule has 4 nitrogen and oxygen atoms in total. The van der Waals surface area contributed by atoms with Crippen molar-refractivity contribution < 1.29 is 13.9 Å². The van der Waals surface area contributed by atoms with E-state index in [0.29, 0.717) is 17.3 Å². The van der Waals surface area contributed by atoms with Crippen LogP contribution in [0.5, 0.6) is 5.75 Å². The van der Waals surface area contributed by atoms with Crippen LogP contribution in [0.4, 0.5) is 9.52 Å². The number of aromatic nitrogens is 1. The van der Waals surface area contributed by atoms with Crippen LogP contribution in [0.25, 0.3) is 11.3 Å². The van der Waals surface area contributed by atoms with E-state index in [1.165, 1.54) is 23.5 Å². The van der Waals surface area contributed by atoms with Gasteiger partial charge >= 0.3 is 0 Å². The van der Waals surface area contributed by atoms with E-state index in [9.17, 15) is 9.18 Å². The average Bonchev–Trinajstić information content (AvgIpc) is 3.21. The van der Waals surface area contributed by atoms with E-state index in [0.717, 1.165) is 33.9 Å². The van der Waals surface area contributed by atoms with Crippen LogP contribution in [0.15, 0.2) is 42.5 Å². The first-order valence-electron chi connectivity index (χ1n) is 7.90. The van der Waals surface area contributed by atoms with Crippen molar-refractivity contribution in [3.63, 3.8) is 0 Å². The quantitative estimate of drug-likeness (QED) is 0.756. The van der Waals surface area contributed by atoms with E-state index in [2.05, 4.69) is 10.3 Å². The molecule has 0 radical (unpaired) electrons. The van der Waals surface area contributed by atoms with E-state index >= 15 is 0 Å². The predicted octanol–water partition coefficient (Wildman–Crippen LogP) is 4.44. The maximum Gasteiger partial charge on any atom is 0.257 e. The largest absolute Gasteiger partial charge is 0.493 e. The molecule has 1 aromatic heterocycles. The number of aryl methyl sites for hydroxylation is 1. The van der Waals surface area contributed by atoms with Crippen LogP contribution in [0, 0.1) is 12.7 Å². The Labute approximate surface area is 148 Å². The second-order valence-electron chi connectivity index (χ2n) is 5.81. The first-order chi connectivity index (χ1) is 12.1. The molecule has 1 amide bonds. The SMILES string of the molecule is Cc1sc(NC(=O)c2ccc3c(c2)CCO3)nc1-c1ccc(F)cc1. The van der Waals surface area contributed by atoms with Gasteiger partial charge in [-0.2, -0.15) is 0 Å². The maximum absolute atomic E-state index is 13.1. The van der Waals surface area contributed by atoms with Gasteiger partial charge < -0.3 is 4.74 Å². The van der Waals surface area contributed by atoms with E-state index in [4.69, 9.17) is 4.74 Å². The molecule has 0 saturated heterocycles. The summed E-state index contributed by atoms with van der Waals surface area (Å²) in [5.41, 5.74) is 3.21. The molecule has 4 rings (SSSR count). The molecule has 0 spiro atoms. The summed E-state index contributed by atoms with van der Waals surface area (Å²) in [5, 5.41) is 3.37. The number of rotatable bonds is 3. The van der Waals surface area contributed by atoms with Crippen LogP contribution in [0.3, 0.4) is 0 Å². The summed E-state index contributed by atoms with van der Waals surface area (Å²) >= 11 is 1.40. The van der Waals surface area contributed by atoms with Crippen molar-refractivity contribution in [1.82, 2.24) is 4.98 Å². The second kappa shape index (κ2) is 6.29. The van der Waals surface area contributed by atoms with Gasteiger partial charge in [0.2, 0.25) is 0 Å². The van der Waals surface area contributed by atoms with Crippen LogP contribution in [0.1, 0.15) is 20.8 Å². The topological polar surface area (TPSA) is 51.2 Å². The summed E-state index contributed by atoms with van der Waals surface area (Å²) in [4.78, 5) is 17.9. The van der Waals surface area contributed by atoms with Gasteiger partial charge in [0.25, 0.3) is 5.91 Å². The number of amides is 1. The lowest BCUT2D eigenvalue weighted by Crippen LogP contribution is -2.11. The second-order valence-corrected chi connectivity index (χ2v) is 7.01. The smallest absolute Gasteiger partial charge is 0.257 e. The number of hydrogen-bond donors (Lipinski definition) is 1. The molecule has 0 atom stereocenters. The normalized spacial score (nSPS) is 12.6. The average molecular weight is 354 g/mol. The number of nitrogens with zero attached hydrogens (tertiary/aromatic N) is 1. The molecular weight excluding hydrogens is 339 g/mol. The summed E-state index contributed by atoms with van der Waals surface area (Å²) in [6.45, 7) is 2.59. The highest BCUT2D eigenvalue weighted by Crippen LogP contribution is 2.31. The number of thiazole rings is 1. The summed E-state index contributed by atoms with van der Waals surface area (Å²) in [5.74, 6) is 0.361. The lowest BCUT2D eigenvalue weighted by molar-refractivity contribution is 0.102. The van der Waals surface area contributed by atoms with Gasteiger partial charge in [0, 0.05) is 22.4 Å². The fraction of sp³-hybridized carbons (Fsp3) is 0.158. The molecule has 0 aliphatic carbocycles. The Morgan fingerprint density at radius 1 is 1.24 bits per heavy atom. The molecular formula is C19H15FN2O2S. The Bertz CT molecular complexity index is 951. The zero-order valence-electron chi connectivity index (χ0n) is 13.5. The zero-order chi connectivity index (χ0) is 17.4. The van der Waals surface area contributed by atoms with Crippen LogP contribution in [-0.4, -0.2) is 17.5 Å². The Kier molecular flexibility index (Phi) is 3.97. The predicted molar refractivity (Wildman–Crippen MR) is 95.8 cm³/mol. The van der Waals surface area contributed by atoms with Gasteiger partial charge in [-0.25, -0.2) is 9.37 Å². The fourth-order valence-electron chi connectivity index (χ4n) is 2.82. The number of carbonyl (C=O) groups excluding carboxylic acids is 1. The van der Waals surface area contributed by atoms with Crippen molar-refractivity contribution in [2.45, 2.75) is 13.3 Å². The first kappa shape index (κ1) is 15.8. The van der Waals surface area contributed by atoms with Crippen molar-refractivity contribution in [2.75, 3.05) is 11.9 Å². The molecule has 0 bridgehead atoms. The van der Waals surface area contributed by atoms with Crippen LogP contribution in [-0.2, 0) is 6.42 Å². The van der Waals surface area contributed by atoms with Gasteiger partial charge in [-0.3, -0.25) is 10.1 Å². The summed E-state index contributed by atoms with van der Waals surface area (Å²) in [7, 11) is 0. The number of benzene rings is 2. The summed E-state index contributed by atoms with van der Waals surface area (Å²) in [6, 6.07) is 11.6. The highest BCUT2D eigenvalue weighted by Gasteiger charge is 2.17. The molecule has 0 fully saturated rings. The third-order valence-corrected chi connectivity index (χ3v) is 4.97. The molecule has 2 heterocycles. The van der Waals surface area contributed by atoms with E-state index in [-0.39, 0.29) is 11.7 Å². The summed E-state index contributed by atoms with van der Waals surface area (Å²) < 4.78 is 18.5. The Hall–Kier alpha value is -2.73. The number of anilines is 1. The van der Waals surface area contributed by atoms with Gasteiger partial charge in [0.05, 0.1) is 12.3 Å². The minimum absolute atomic E-state index is 0.200. The van der Waals surface area contributed by atoms with Crippen molar-refractivity contribution >= 4 is 22.4 Å². The van der Waals surface area contributed by atoms with Crippen LogP contribution in [0.2, 0.25) is 0 Å². The molecule has 0 saturated carbocycles. The van der Waals surface area contributed by atoms with E-state index in [1.54, 1.807) is 18.2 Å². The number of hydrogen-bond acceptors (Lipinski definition) is 4. The summed E-state index contributed by atoms with van der Waals surface area (Å²) in [6.07, 6.45) is 0.821. The minimum atomic E-state index is -0.286. The standard InChI is InChI=1S/C19H15FN2O2S/c1-11-17(12-2-5-15(20)6-3-12)21-19(25-11)22-18(23)14-4-7-16-13(10-14)8-9-24-16/h2-7,10H,8-9H2,1H3,(H,21,22,23). The Morgan fingerprint density at radius 3 is 2.84 bits per heavy atom. The molecule has 3 aromatic rings. The van der Waals surface area contributed by atoms with Crippen molar-refractivity contribution in [2.24, 2.45) is 0 Å². The van der Waals surface area contributed by atoms with Crippen LogP contribution < -0.4 is 10.1 Å². The number of halogens is 1. The molecule has 1 N–H and O–H groups in total. The van der Waals surface area contributed by atoms with Crippen LogP contribution >= 0.6 is 11.3 Å². The van der Waals surface area contributed by atoms with Crippen molar-refractivity contribution in [1.29, 1.82) is 0 Å². The third kappa shape index (κ3) is 3.13. The lowest BCUT2D eigenvalue weighted by atomic mass is 10.1. The maximum atomic E-state index is 13.1. The van der Waals surface area contributed by atoms with Gasteiger partial charge in [-0.05, 0) is 55.0 Å². The monoisotopic (exact) mass is 354 g/mol. The Morgan fingerprint density at radius 2 is 2.04 bits per heavy atom. The fourth-order valence-corrected chi connectivity index (χ4v) is 3.65. The van der Waals surface area contributed by atoms with Crippen molar-refractivity contribution in [3.8, 4) is 17.0 Å². The van der Waals surface area contributed by atoms with Gasteiger partial charge in [-0.15, -0.1) is 11.3 Å².